The Bertz CT molecular complexity index is 1150. The van der Waals surface area contributed by atoms with E-state index in [9.17, 15) is 4.79 Å². The van der Waals surface area contributed by atoms with Gasteiger partial charge in [-0.2, -0.15) is 0 Å². The van der Waals surface area contributed by atoms with E-state index in [2.05, 4.69) is 0 Å². The van der Waals surface area contributed by atoms with Crippen LogP contribution < -0.4 is 4.90 Å². The maximum absolute atomic E-state index is 13.1. The Balaban J connectivity index is 1.94. The number of benzene rings is 2. The van der Waals surface area contributed by atoms with Gasteiger partial charge in [0.05, 0.1) is 12.1 Å². The molecule has 0 bridgehead atoms. The van der Waals surface area contributed by atoms with Crippen LogP contribution in [0, 0.1) is 19.3 Å². The first kappa shape index (κ1) is 20.7. The Morgan fingerprint density at radius 1 is 1.03 bits per heavy atom. The van der Waals surface area contributed by atoms with E-state index in [1.165, 1.54) is 0 Å². The SMILES string of the molecule is CCN(CC)C(=N)c1nc(-c2ccc(C)cc2)nc2c1CC(=O)N2c1ccccc1C. The number of hydrogen-bond donors (Lipinski definition) is 1. The smallest absolute Gasteiger partial charge is 0.237 e. The lowest BCUT2D eigenvalue weighted by molar-refractivity contribution is -0.116. The van der Waals surface area contributed by atoms with Gasteiger partial charge in [0, 0.05) is 24.2 Å². The van der Waals surface area contributed by atoms with Gasteiger partial charge < -0.3 is 4.90 Å². The Kier molecular flexibility index (Phi) is 5.55. The first-order chi connectivity index (χ1) is 14.9. The van der Waals surface area contributed by atoms with Crippen LogP contribution in [0.3, 0.4) is 0 Å². The maximum atomic E-state index is 13.1. The van der Waals surface area contributed by atoms with Gasteiger partial charge in [-0.15, -0.1) is 0 Å². The second-order valence-corrected chi connectivity index (χ2v) is 7.78. The van der Waals surface area contributed by atoms with Crippen molar-refractivity contribution in [1.82, 2.24) is 14.9 Å². The lowest BCUT2D eigenvalue weighted by Crippen LogP contribution is -2.32. The molecule has 0 spiro atoms. The first-order valence-electron chi connectivity index (χ1n) is 10.6. The van der Waals surface area contributed by atoms with Crippen molar-refractivity contribution in [2.75, 3.05) is 18.0 Å². The molecule has 31 heavy (non-hydrogen) atoms. The summed E-state index contributed by atoms with van der Waals surface area (Å²) in [6, 6.07) is 15.8. The zero-order valence-electron chi connectivity index (χ0n) is 18.4. The predicted molar refractivity (Wildman–Crippen MR) is 124 cm³/mol. The molecule has 4 rings (SSSR count). The molecule has 1 aliphatic rings. The van der Waals surface area contributed by atoms with Crippen LogP contribution >= 0.6 is 0 Å². The van der Waals surface area contributed by atoms with Crippen molar-refractivity contribution in [3.63, 3.8) is 0 Å². The molecule has 0 unspecified atom stereocenters. The number of anilines is 2. The Morgan fingerprint density at radius 2 is 1.71 bits per heavy atom. The summed E-state index contributed by atoms with van der Waals surface area (Å²) >= 11 is 0. The van der Waals surface area contributed by atoms with Crippen molar-refractivity contribution >= 4 is 23.2 Å². The van der Waals surface area contributed by atoms with Gasteiger partial charge in [-0.05, 0) is 39.3 Å². The highest BCUT2D eigenvalue weighted by Crippen LogP contribution is 2.38. The molecule has 1 aromatic heterocycles. The van der Waals surface area contributed by atoms with E-state index < -0.39 is 0 Å². The number of rotatable bonds is 5. The van der Waals surface area contributed by atoms with Crippen molar-refractivity contribution in [2.24, 2.45) is 0 Å². The normalized spacial score (nSPS) is 12.8. The average molecular weight is 414 g/mol. The second-order valence-electron chi connectivity index (χ2n) is 7.78. The van der Waals surface area contributed by atoms with Crippen LogP contribution in [0.5, 0.6) is 0 Å². The van der Waals surface area contributed by atoms with Crippen LogP contribution in [0.1, 0.15) is 36.2 Å². The molecule has 1 aliphatic heterocycles. The van der Waals surface area contributed by atoms with E-state index in [1.54, 1.807) is 4.90 Å². The molecule has 0 aliphatic carbocycles. The summed E-state index contributed by atoms with van der Waals surface area (Å²) in [4.78, 5) is 26.4. The highest BCUT2D eigenvalue weighted by molar-refractivity contribution is 6.10. The number of para-hydroxylation sites is 1. The van der Waals surface area contributed by atoms with Gasteiger partial charge in [-0.1, -0.05) is 48.0 Å². The van der Waals surface area contributed by atoms with Crippen molar-refractivity contribution in [2.45, 2.75) is 34.1 Å². The minimum Gasteiger partial charge on any atom is -0.356 e. The van der Waals surface area contributed by atoms with Gasteiger partial charge in [-0.3, -0.25) is 15.1 Å². The number of carbonyl (C=O) groups is 1. The number of amidine groups is 1. The van der Waals surface area contributed by atoms with Crippen LogP contribution in [0.2, 0.25) is 0 Å². The highest BCUT2D eigenvalue weighted by atomic mass is 16.2. The van der Waals surface area contributed by atoms with Crippen molar-refractivity contribution in [1.29, 1.82) is 5.41 Å². The summed E-state index contributed by atoms with van der Waals surface area (Å²) in [6.07, 6.45) is 0.191. The average Bonchev–Trinajstić information content (AvgIpc) is 3.10. The van der Waals surface area contributed by atoms with Crippen LogP contribution in [0.15, 0.2) is 48.5 Å². The molecule has 0 atom stereocenters. The van der Waals surface area contributed by atoms with E-state index in [0.717, 1.165) is 27.9 Å². The molecule has 0 saturated carbocycles. The monoisotopic (exact) mass is 413 g/mol. The summed E-state index contributed by atoms with van der Waals surface area (Å²) in [6.45, 7) is 9.46. The molecular formula is C25H27N5O. The number of carbonyl (C=O) groups excluding carboxylic acids is 1. The Morgan fingerprint density at radius 3 is 2.35 bits per heavy atom. The lowest BCUT2D eigenvalue weighted by Gasteiger charge is -2.23. The number of fused-ring (bicyclic) bond motifs is 1. The van der Waals surface area contributed by atoms with Crippen molar-refractivity contribution < 1.29 is 4.79 Å². The minimum atomic E-state index is -0.0479. The summed E-state index contributed by atoms with van der Waals surface area (Å²) in [5.41, 5.74) is 5.10. The third-order valence-electron chi connectivity index (χ3n) is 5.74. The zero-order chi connectivity index (χ0) is 22.1. The Labute approximate surface area is 183 Å². The molecule has 0 saturated heterocycles. The number of nitrogens with zero attached hydrogens (tertiary/aromatic N) is 4. The minimum absolute atomic E-state index is 0.0479. The summed E-state index contributed by atoms with van der Waals surface area (Å²) in [7, 11) is 0. The third kappa shape index (κ3) is 3.69. The predicted octanol–water partition coefficient (Wildman–Crippen LogP) is 4.65. The molecule has 6 nitrogen and oxygen atoms in total. The van der Waals surface area contributed by atoms with Crippen LogP contribution in [0.25, 0.3) is 11.4 Å². The third-order valence-corrected chi connectivity index (χ3v) is 5.74. The summed E-state index contributed by atoms with van der Waals surface area (Å²) in [5.74, 6) is 1.39. The largest absolute Gasteiger partial charge is 0.356 e. The van der Waals surface area contributed by atoms with Gasteiger partial charge in [0.15, 0.2) is 5.82 Å². The fraction of sp³-hybridized carbons (Fsp3) is 0.280. The number of nitrogens with one attached hydrogen (secondary N) is 1. The molecule has 3 aromatic rings. The van der Waals surface area contributed by atoms with E-state index in [1.807, 2.05) is 81.1 Å². The molecule has 2 aromatic carbocycles. The quantitative estimate of drug-likeness (QED) is 0.488. The summed E-state index contributed by atoms with van der Waals surface area (Å²) in [5, 5.41) is 8.83. The van der Waals surface area contributed by atoms with Crippen LogP contribution in [0.4, 0.5) is 11.5 Å². The molecule has 0 radical (unpaired) electrons. The van der Waals surface area contributed by atoms with Gasteiger partial charge in [0.2, 0.25) is 5.91 Å². The van der Waals surface area contributed by atoms with Crippen molar-refractivity contribution in [3.8, 4) is 11.4 Å². The van der Waals surface area contributed by atoms with Crippen LogP contribution in [-0.4, -0.2) is 39.7 Å². The number of hydrogen-bond acceptors (Lipinski definition) is 4. The van der Waals surface area contributed by atoms with Gasteiger partial charge in [0.1, 0.15) is 17.3 Å². The fourth-order valence-corrected chi connectivity index (χ4v) is 3.95. The molecule has 1 amide bonds. The standard InChI is InChI=1S/C25H27N5O/c1-5-29(6-2)23(26)22-19-15-21(31)30(20-10-8-7-9-17(20)4)25(19)28-24(27-22)18-13-11-16(3)12-14-18/h7-14,26H,5-6,15H2,1-4H3. The fourth-order valence-electron chi connectivity index (χ4n) is 3.95. The Hall–Kier alpha value is -3.54. The maximum Gasteiger partial charge on any atom is 0.237 e. The van der Waals surface area contributed by atoms with Crippen LogP contribution in [-0.2, 0) is 11.2 Å². The van der Waals surface area contributed by atoms with E-state index >= 15 is 0 Å². The molecule has 1 N–H and O–H groups in total. The molecule has 0 fully saturated rings. The first-order valence-corrected chi connectivity index (χ1v) is 10.6. The number of aromatic nitrogens is 2. The number of aryl methyl sites for hydroxylation is 2. The molecule has 158 valence electrons. The van der Waals surface area contributed by atoms with Gasteiger partial charge in [0.25, 0.3) is 0 Å². The van der Waals surface area contributed by atoms with E-state index in [0.29, 0.717) is 36.3 Å². The van der Waals surface area contributed by atoms with Gasteiger partial charge in [-0.25, -0.2) is 9.97 Å². The zero-order valence-corrected chi connectivity index (χ0v) is 18.4. The summed E-state index contributed by atoms with van der Waals surface area (Å²) < 4.78 is 0. The van der Waals surface area contributed by atoms with Crippen molar-refractivity contribution in [3.05, 3.63) is 70.9 Å². The molecule has 6 heteroatoms. The number of amides is 1. The van der Waals surface area contributed by atoms with E-state index in [-0.39, 0.29) is 12.3 Å². The molecule has 2 heterocycles. The lowest BCUT2D eigenvalue weighted by atomic mass is 10.1. The molecular weight excluding hydrogens is 386 g/mol. The van der Waals surface area contributed by atoms with E-state index in [4.69, 9.17) is 15.4 Å². The van der Waals surface area contributed by atoms with Gasteiger partial charge >= 0.3 is 0 Å². The second kappa shape index (κ2) is 8.30. The topological polar surface area (TPSA) is 73.2 Å². The highest BCUT2D eigenvalue weighted by Gasteiger charge is 2.35.